The van der Waals surface area contributed by atoms with Gasteiger partial charge in [-0.25, -0.2) is 4.39 Å². The van der Waals surface area contributed by atoms with Crippen LogP contribution < -0.4 is 4.90 Å². The number of anilines is 1. The van der Waals surface area contributed by atoms with Gasteiger partial charge >= 0.3 is 6.01 Å². The molecule has 1 amide bonds. The first kappa shape index (κ1) is 16.4. The minimum atomic E-state index is -0.259. The van der Waals surface area contributed by atoms with Gasteiger partial charge in [-0.15, -0.1) is 5.10 Å². The van der Waals surface area contributed by atoms with Gasteiger partial charge in [0.2, 0.25) is 11.8 Å². The molecule has 0 bridgehead atoms. The van der Waals surface area contributed by atoms with Crippen molar-refractivity contribution >= 4 is 11.9 Å². The Kier molecular flexibility index (Phi) is 4.78. The van der Waals surface area contributed by atoms with E-state index in [0.29, 0.717) is 44.5 Å². The third kappa shape index (κ3) is 3.72. The SMILES string of the molecule is Cc1nnc(N2CCN(C(=O)C(C)Cc3ccc(F)cc3)CC2)o1. The highest BCUT2D eigenvalue weighted by Crippen LogP contribution is 2.17. The second-order valence-electron chi connectivity index (χ2n) is 6.15. The molecule has 128 valence electrons. The van der Waals surface area contributed by atoms with Crippen LogP contribution in [0.3, 0.4) is 0 Å². The quantitative estimate of drug-likeness (QED) is 0.857. The Morgan fingerprint density at radius 2 is 1.88 bits per heavy atom. The molecule has 1 fully saturated rings. The van der Waals surface area contributed by atoms with Gasteiger partial charge in [-0.05, 0) is 24.1 Å². The molecule has 1 saturated heterocycles. The Balaban J connectivity index is 1.53. The van der Waals surface area contributed by atoms with Crippen LogP contribution in [0.5, 0.6) is 0 Å². The van der Waals surface area contributed by atoms with Gasteiger partial charge < -0.3 is 14.2 Å². The molecule has 6 nitrogen and oxygen atoms in total. The number of carbonyl (C=O) groups excluding carboxylic acids is 1. The number of carbonyl (C=O) groups is 1. The number of aryl methyl sites for hydroxylation is 1. The predicted molar refractivity (Wildman–Crippen MR) is 87.1 cm³/mol. The van der Waals surface area contributed by atoms with E-state index in [-0.39, 0.29) is 17.6 Å². The predicted octanol–water partition coefficient (Wildman–Crippen LogP) is 2.04. The molecule has 1 aliphatic rings. The number of aromatic nitrogens is 2. The number of benzene rings is 1. The zero-order valence-corrected chi connectivity index (χ0v) is 13.9. The van der Waals surface area contributed by atoms with Crippen LogP contribution in [-0.4, -0.2) is 47.2 Å². The number of hydrogen-bond acceptors (Lipinski definition) is 5. The molecule has 1 unspecified atom stereocenters. The van der Waals surface area contributed by atoms with Gasteiger partial charge in [-0.3, -0.25) is 4.79 Å². The first-order chi connectivity index (χ1) is 11.5. The number of halogens is 1. The minimum absolute atomic E-state index is 0.126. The monoisotopic (exact) mass is 332 g/mol. The maximum Gasteiger partial charge on any atom is 0.318 e. The van der Waals surface area contributed by atoms with Crippen LogP contribution in [0.25, 0.3) is 0 Å². The smallest absolute Gasteiger partial charge is 0.318 e. The summed E-state index contributed by atoms with van der Waals surface area (Å²) in [6.45, 7) is 6.29. The van der Waals surface area contributed by atoms with Crippen LogP contribution >= 0.6 is 0 Å². The Labute approximate surface area is 140 Å². The topological polar surface area (TPSA) is 62.5 Å². The molecule has 2 heterocycles. The van der Waals surface area contributed by atoms with E-state index in [9.17, 15) is 9.18 Å². The Morgan fingerprint density at radius 3 is 2.46 bits per heavy atom. The summed E-state index contributed by atoms with van der Waals surface area (Å²) in [4.78, 5) is 16.5. The molecule has 1 aromatic carbocycles. The fourth-order valence-electron chi connectivity index (χ4n) is 2.91. The van der Waals surface area contributed by atoms with Crippen molar-refractivity contribution in [3.05, 3.63) is 41.5 Å². The van der Waals surface area contributed by atoms with E-state index in [1.54, 1.807) is 19.1 Å². The molecule has 1 aromatic heterocycles. The zero-order chi connectivity index (χ0) is 17.1. The fraction of sp³-hybridized carbons (Fsp3) is 0.471. The first-order valence-corrected chi connectivity index (χ1v) is 8.11. The van der Waals surface area contributed by atoms with Gasteiger partial charge in [-0.1, -0.05) is 24.2 Å². The summed E-state index contributed by atoms with van der Waals surface area (Å²) >= 11 is 0. The van der Waals surface area contributed by atoms with Crippen LogP contribution in [0.1, 0.15) is 18.4 Å². The number of rotatable bonds is 4. The van der Waals surface area contributed by atoms with E-state index in [0.717, 1.165) is 5.56 Å². The van der Waals surface area contributed by atoms with Gasteiger partial charge in [-0.2, -0.15) is 0 Å². The molecule has 0 saturated carbocycles. The third-order valence-corrected chi connectivity index (χ3v) is 4.25. The molecular weight excluding hydrogens is 311 g/mol. The van der Waals surface area contributed by atoms with E-state index >= 15 is 0 Å². The van der Waals surface area contributed by atoms with Crippen molar-refractivity contribution in [1.82, 2.24) is 15.1 Å². The summed E-state index contributed by atoms with van der Waals surface area (Å²) in [5, 5.41) is 7.84. The average Bonchev–Trinajstić information content (AvgIpc) is 3.03. The summed E-state index contributed by atoms with van der Waals surface area (Å²) in [5.41, 5.74) is 0.970. The maximum atomic E-state index is 13.0. The van der Waals surface area contributed by atoms with Crippen molar-refractivity contribution < 1.29 is 13.6 Å². The van der Waals surface area contributed by atoms with Gasteiger partial charge in [0.15, 0.2) is 0 Å². The summed E-state index contributed by atoms with van der Waals surface area (Å²) in [5.74, 6) is 0.273. The lowest BCUT2D eigenvalue weighted by atomic mass is 9.99. The number of amides is 1. The van der Waals surface area contributed by atoms with Gasteiger partial charge in [0.25, 0.3) is 0 Å². The van der Waals surface area contributed by atoms with E-state index in [2.05, 4.69) is 10.2 Å². The fourth-order valence-corrected chi connectivity index (χ4v) is 2.91. The molecule has 7 heteroatoms. The van der Waals surface area contributed by atoms with Crippen molar-refractivity contribution in [1.29, 1.82) is 0 Å². The first-order valence-electron chi connectivity index (χ1n) is 8.11. The highest BCUT2D eigenvalue weighted by atomic mass is 19.1. The molecule has 0 N–H and O–H groups in total. The number of hydrogen-bond donors (Lipinski definition) is 0. The summed E-state index contributed by atoms with van der Waals surface area (Å²) < 4.78 is 18.4. The Morgan fingerprint density at radius 1 is 1.21 bits per heavy atom. The van der Waals surface area contributed by atoms with E-state index in [4.69, 9.17) is 4.42 Å². The normalized spacial score (nSPS) is 16.3. The molecule has 24 heavy (non-hydrogen) atoms. The largest absolute Gasteiger partial charge is 0.408 e. The van der Waals surface area contributed by atoms with E-state index < -0.39 is 0 Å². The number of piperazine rings is 1. The second-order valence-corrected chi connectivity index (χ2v) is 6.15. The van der Waals surface area contributed by atoms with Crippen LogP contribution in [0.15, 0.2) is 28.7 Å². The Bertz CT molecular complexity index is 693. The lowest BCUT2D eigenvalue weighted by molar-refractivity contribution is -0.135. The lowest BCUT2D eigenvalue weighted by Crippen LogP contribution is -2.50. The van der Waals surface area contributed by atoms with Gasteiger partial charge in [0.1, 0.15) is 5.82 Å². The molecule has 3 rings (SSSR count). The van der Waals surface area contributed by atoms with Gasteiger partial charge in [0.05, 0.1) is 0 Å². The standard InChI is InChI=1S/C17H21FN4O2/c1-12(11-14-3-5-15(18)6-4-14)16(23)21-7-9-22(10-8-21)17-20-19-13(2)24-17/h3-6,12H,7-11H2,1-2H3. The van der Waals surface area contributed by atoms with Crippen molar-refractivity contribution in [3.8, 4) is 0 Å². The van der Waals surface area contributed by atoms with Crippen LogP contribution in [0.4, 0.5) is 10.4 Å². The van der Waals surface area contributed by atoms with Crippen molar-refractivity contribution in [3.63, 3.8) is 0 Å². The van der Waals surface area contributed by atoms with Crippen LogP contribution in [0.2, 0.25) is 0 Å². The minimum Gasteiger partial charge on any atom is -0.408 e. The summed E-state index contributed by atoms with van der Waals surface area (Å²) in [7, 11) is 0. The molecule has 0 aliphatic carbocycles. The average molecular weight is 332 g/mol. The molecule has 2 aromatic rings. The van der Waals surface area contributed by atoms with Crippen LogP contribution in [0, 0.1) is 18.7 Å². The highest BCUT2D eigenvalue weighted by Gasteiger charge is 2.26. The summed E-state index contributed by atoms with van der Waals surface area (Å²) in [6.07, 6.45) is 0.613. The third-order valence-electron chi connectivity index (χ3n) is 4.25. The maximum absolute atomic E-state index is 13.0. The van der Waals surface area contributed by atoms with Crippen molar-refractivity contribution in [2.75, 3.05) is 31.1 Å². The molecule has 1 aliphatic heterocycles. The zero-order valence-electron chi connectivity index (χ0n) is 13.9. The highest BCUT2D eigenvalue weighted by molar-refractivity contribution is 5.79. The molecule has 0 spiro atoms. The van der Waals surface area contributed by atoms with E-state index in [1.807, 2.05) is 16.7 Å². The Hall–Kier alpha value is -2.44. The lowest BCUT2D eigenvalue weighted by Gasteiger charge is -2.35. The van der Waals surface area contributed by atoms with E-state index in [1.165, 1.54) is 12.1 Å². The van der Waals surface area contributed by atoms with Crippen molar-refractivity contribution in [2.45, 2.75) is 20.3 Å². The van der Waals surface area contributed by atoms with Crippen LogP contribution in [-0.2, 0) is 11.2 Å². The molecule has 0 radical (unpaired) electrons. The molecule has 1 atom stereocenters. The van der Waals surface area contributed by atoms with Crippen molar-refractivity contribution in [2.24, 2.45) is 5.92 Å². The summed E-state index contributed by atoms with van der Waals surface area (Å²) in [6, 6.07) is 6.83. The molecular formula is C17H21FN4O2. The number of nitrogens with zero attached hydrogens (tertiary/aromatic N) is 4. The second kappa shape index (κ2) is 6.98. The van der Waals surface area contributed by atoms with Gasteiger partial charge in [0, 0.05) is 39.0 Å².